The number of amides is 1. The van der Waals surface area contributed by atoms with Gasteiger partial charge in [-0.25, -0.2) is 0 Å². The van der Waals surface area contributed by atoms with Gasteiger partial charge in [-0.1, -0.05) is 32.8 Å². The van der Waals surface area contributed by atoms with Gasteiger partial charge in [0.15, 0.2) is 0 Å². The lowest BCUT2D eigenvalue weighted by atomic mass is 10.0. The van der Waals surface area contributed by atoms with E-state index in [4.69, 9.17) is 5.73 Å². The highest BCUT2D eigenvalue weighted by Crippen LogP contribution is 2.34. The normalized spacial score (nSPS) is 11.7. The minimum atomic E-state index is -4.56. The first-order valence-corrected chi connectivity index (χ1v) is 6.55. The molecule has 0 fully saturated rings. The topological polar surface area (TPSA) is 55.1 Å². The van der Waals surface area contributed by atoms with Gasteiger partial charge >= 0.3 is 6.18 Å². The van der Waals surface area contributed by atoms with Crippen LogP contribution in [-0.4, -0.2) is 12.5 Å². The zero-order valence-corrected chi connectivity index (χ0v) is 11.6. The fraction of sp³-hybridized carbons (Fsp3) is 0.500. The van der Waals surface area contributed by atoms with Crippen molar-refractivity contribution < 1.29 is 18.0 Å². The van der Waals surface area contributed by atoms with Crippen LogP contribution >= 0.6 is 0 Å². The number of alkyl halides is 3. The molecule has 1 aromatic rings. The van der Waals surface area contributed by atoms with Crippen molar-refractivity contribution >= 4 is 11.6 Å². The van der Waals surface area contributed by atoms with Crippen molar-refractivity contribution in [2.75, 3.05) is 12.3 Å². The summed E-state index contributed by atoms with van der Waals surface area (Å²) in [6, 6.07) is 3.35. The average molecular weight is 288 g/mol. The molecule has 0 aliphatic heterocycles. The van der Waals surface area contributed by atoms with Crippen LogP contribution in [0.5, 0.6) is 0 Å². The van der Waals surface area contributed by atoms with E-state index in [0.717, 1.165) is 18.9 Å². The zero-order chi connectivity index (χ0) is 15.3. The Morgan fingerprint density at radius 3 is 2.40 bits per heavy atom. The SMILES string of the molecule is CCC(CC)CNC(=O)c1cccc(C(F)(F)F)c1N. The molecule has 0 saturated carbocycles. The lowest BCUT2D eigenvalue weighted by Gasteiger charge is -2.16. The standard InChI is InChI=1S/C14H19F3N2O/c1-3-9(4-2)8-19-13(20)10-6-5-7-11(12(10)18)14(15,16)17/h5-7,9H,3-4,8,18H2,1-2H3,(H,19,20). The molecule has 1 aromatic carbocycles. The molecule has 3 nitrogen and oxygen atoms in total. The van der Waals surface area contributed by atoms with E-state index in [1.54, 1.807) is 0 Å². The number of para-hydroxylation sites is 1. The summed E-state index contributed by atoms with van der Waals surface area (Å²) in [7, 11) is 0. The number of benzene rings is 1. The summed E-state index contributed by atoms with van der Waals surface area (Å²) in [5.74, 6) is -0.258. The predicted octanol–water partition coefficient (Wildman–Crippen LogP) is 3.45. The van der Waals surface area contributed by atoms with Gasteiger partial charge in [-0.05, 0) is 18.1 Å². The molecule has 0 heterocycles. The number of rotatable bonds is 5. The lowest BCUT2D eigenvalue weighted by Crippen LogP contribution is -2.30. The van der Waals surface area contributed by atoms with E-state index >= 15 is 0 Å². The molecule has 112 valence electrons. The van der Waals surface area contributed by atoms with Gasteiger partial charge in [-0.2, -0.15) is 13.2 Å². The first kappa shape index (κ1) is 16.3. The fourth-order valence-corrected chi connectivity index (χ4v) is 1.92. The third-order valence-electron chi connectivity index (χ3n) is 3.36. The maximum atomic E-state index is 12.7. The highest BCUT2D eigenvalue weighted by atomic mass is 19.4. The highest BCUT2D eigenvalue weighted by Gasteiger charge is 2.34. The Bertz CT molecular complexity index is 468. The number of carbonyl (C=O) groups excluding carboxylic acids is 1. The molecule has 0 saturated heterocycles. The largest absolute Gasteiger partial charge is 0.418 e. The van der Waals surface area contributed by atoms with Crippen LogP contribution in [0.25, 0.3) is 0 Å². The van der Waals surface area contributed by atoms with Gasteiger partial charge in [-0.3, -0.25) is 4.79 Å². The number of nitrogens with one attached hydrogen (secondary N) is 1. The van der Waals surface area contributed by atoms with Crippen LogP contribution in [0.2, 0.25) is 0 Å². The van der Waals surface area contributed by atoms with Crippen LogP contribution in [0.1, 0.15) is 42.6 Å². The number of nitrogen functional groups attached to an aromatic ring is 1. The van der Waals surface area contributed by atoms with Crippen molar-refractivity contribution in [1.82, 2.24) is 5.32 Å². The number of carbonyl (C=O) groups is 1. The molecule has 20 heavy (non-hydrogen) atoms. The average Bonchev–Trinajstić information content (AvgIpc) is 2.38. The van der Waals surface area contributed by atoms with E-state index < -0.39 is 23.3 Å². The van der Waals surface area contributed by atoms with Gasteiger partial charge in [0.05, 0.1) is 16.8 Å². The molecule has 0 unspecified atom stereocenters. The zero-order valence-electron chi connectivity index (χ0n) is 11.6. The Balaban J connectivity index is 2.89. The van der Waals surface area contributed by atoms with Crippen LogP contribution in [-0.2, 0) is 6.18 Å². The van der Waals surface area contributed by atoms with Crippen molar-refractivity contribution in [2.24, 2.45) is 5.92 Å². The first-order chi connectivity index (χ1) is 9.31. The Morgan fingerprint density at radius 2 is 1.90 bits per heavy atom. The number of hydrogen-bond acceptors (Lipinski definition) is 2. The molecule has 0 bridgehead atoms. The second-order valence-corrected chi connectivity index (χ2v) is 4.66. The van der Waals surface area contributed by atoms with E-state index in [-0.39, 0.29) is 5.56 Å². The highest BCUT2D eigenvalue weighted by molar-refractivity contribution is 5.99. The Hall–Kier alpha value is -1.72. The van der Waals surface area contributed by atoms with Crippen molar-refractivity contribution in [2.45, 2.75) is 32.9 Å². The maximum Gasteiger partial charge on any atom is 0.418 e. The summed E-state index contributed by atoms with van der Waals surface area (Å²) in [5, 5.41) is 2.63. The quantitative estimate of drug-likeness (QED) is 0.815. The van der Waals surface area contributed by atoms with Crippen molar-refractivity contribution in [3.8, 4) is 0 Å². The predicted molar refractivity (Wildman–Crippen MR) is 72.3 cm³/mol. The minimum Gasteiger partial charge on any atom is -0.398 e. The maximum absolute atomic E-state index is 12.7. The van der Waals surface area contributed by atoms with E-state index in [1.165, 1.54) is 12.1 Å². The van der Waals surface area contributed by atoms with Gasteiger partial charge in [0.1, 0.15) is 0 Å². The van der Waals surface area contributed by atoms with Gasteiger partial charge in [0, 0.05) is 6.54 Å². The molecule has 0 aliphatic carbocycles. The van der Waals surface area contributed by atoms with Crippen molar-refractivity contribution in [3.63, 3.8) is 0 Å². The molecular weight excluding hydrogens is 269 g/mol. The first-order valence-electron chi connectivity index (χ1n) is 6.55. The molecule has 1 amide bonds. The second-order valence-electron chi connectivity index (χ2n) is 4.66. The Morgan fingerprint density at radius 1 is 1.30 bits per heavy atom. The number of hydrogen-bond donors (Lipinski definition) is 2. The summed E-state index contributed by atoms with van der Waals surface area (Å²) in [6.07, 6.45) is -2.76. The smallest absolute Gasteiger partial charge is 0.398 e. The van der Waals surface area contributed by atoms with E-state index in [9.17, 15) is 18.0 Å². The number of halogens is 3. The van der Waals surface area contributed by atoms with Gasteiger partial charge in [0.25, 0.3) is 5.91 Å². The summed E-state index contributed by atoms with van der Waals surface area (Å²) in [6.45, 7) is 4.43. The summed E-state index contributed by atoms with van der Waals surface area (Å²) in [5.41, 5.74) is 3.82. The van der Waals surface area contributed by atoms with Crippen LogP contribution in [0.15, 0.2) is 18.2 Å². The number of anilines is 1. The van der Waals surface area contributed by atoms with Gasteiger partial charge in [-0.15, -0.1) is 0 Å². The molecule has 0 aromatic heterocycles. The van der Waals surface area contributed by atoms with E-state index in [2.05, 4.69) is 5.32 Å². The van der Waals surface area contributed by atoms with Crippen LogP contribution < -0.4 is 11.1 Å². The van der Waals surface area contributed by atoms with Gasteiger partial charge < -0.3 is 11.1 Å². The molecule has 0 aliphatic rings. The lowest BCUT2D eigenvalue weighted by molar-refractivity contribution is -0.136. The van der Waals surface area contributed by atoms with Crippen LogP contribution in [0.3, 0.4) is 0 Å². The monoisotopic (exact) mass is 288 g/mol. The van der Waals surface area contributed by atoms with Crippen LogP contribution in [0, 0.1) is 5.92 Å². The molecule has 1 rings (SSSR count). The molecule has 0 atom stereocenters. The summed E-state index contributed by atoms with van der Waals surface area (Å²) < 4.78 is 38.1. The minimum absolute atomic E-state index is 0.134. The molecular formula is C14H19F3N2O. The van der Waals surface area contributed by atoms with E-state index in [1.807, 2.05) is 13.8 Å². The Labute approximate surface area is 116 Å². The number of nitrogens with two attached hydrogens (primary N) is 1. The third kappa shape index (κ3) is 3.88. The summed E-state index contributed by atoms with van der Waals surface area (Å²) in [4.78, 5) is 11.9. The Kier molecular flexibility index (Phi) is 5.42. The summed E-state index contributed by atoms with van der Waals surface area (Å²) >= 11 is 0. The molecule has 3 N–H and O–H groups in total. The second kappa shape index (κ2) is 6.63. The molecule has 0 spiro atoms. The van der Waals surface area contributed by atoms with Crippen molar-refractivity contribution in [1.29, 1.82) is 0 Å². The van der Waals surface area contributed by atoms with Gasteiger partial charge in [0.2, 0.25) is 0 Å². The molecule has 0 radical (unpaired) electrons. The fourth-order valence-electron chi connectivity index (χ4n) is 1.92. The van der Waals surface area contributed by atoms with Crippen LogP contribution in [0.4, 0.5) is 18.9 Å². The third-order valence-corrected chi connectivity index (χ3v) is 3.36. The van der Waals surface area contributed by atoms with E-state index in [0.29, 0.717) is 12.5 Å². The molecule has 6 heteroatoms. The van der Waals surface area contributed by atoms with Crippen molar-refractivity contribution in [3.05, 3.63) is 29.3 Å².